The maximum Gasteiger partial charge on any atom is 0.290 e. The molecule has 1 saturated heterocycles. The minimum absolute atomic E-state index is 0.0941. The molecule has 0 saturated carbocycles. The van der Waals surface area contributed by atoms with E-state index in [1.54, 1.807) is 6.92 Å². The molecule has 1 fully saturated rings. The minimum Gasteiger partial charge on any atom is -0.373 e. The summed E-state index contributed by atoms with van der Waals surface area (Å²) in [6.45, 7) is 5.44. The van der Waals surface area contributed by atoms with Crippen LogP contribution in [-0.2, 0) is 0 Å². The highest BCUT2D eigenvalue weighted by molar-refractivity contribution is 5.79. The normalized spacial score (nSPS) is 25.3. The van der Waals surface area contributed by atoms with Crippen molar-refractivity contribution in [1.82, 2.24) is 9.64 Å². The fourth-order valence-corrected chi connectivity index (χ4v) is 2.52. The monoisotopic (exact) mass is 253 g/mol. The highest BCUT2D eigenvalue weighted by Gasteiger charge is 2.25. The number of rotatable bonds is 2. The van der Waals surface area contributed by atoms with E-state index in [4.69, 9.17) is 10.3 Å². The predicted octanol–water partition coefficient (Wildman–Crippen LogP) is 0.0590. The van der Waals surface area contributed by atoms with Gasteiger partial charge in [0.25, 0.3) is 11.5 Å². The lowest BCUT2D eigenvalue weighted by Crippen LogP contribution is -2.49. The zero-order valence-electron chi connectivity index (χ0n) is 10.8. The second kappa shape index (κ2) is 5.07. The van der Waals surface area contributed by atoms with Crippen LogP contribution < -0.4 is 11.3 Å². The molecule has 1 aromatic rings. The molecule has 18 heavy (non-hydrogen) atoms. The van der Waals surface area contributed by atoms with E-state index in [-0.39, 0.29) is 18.5 Å². The summed E-state index contributed by atoms with van der Waals surface area (Å²) >= 11 is 0. The fraction of sp³-hybridized carbons (Fsp3) is 0.667. The van der Waals surface area contributed by atoms with E-state index in [0.29, 0.717) is 18.2 Å². The Balaban J connectivity index is 2.03. The summed E-state index contributed by atoms with van der Waals surface area (Å²) in [5, 5.41) is 0. The molecule has 2 rings (SSSR count). The minimum atomic E-state index is -0.410. The number of aryl methyl sites for hydroxylation is 1. The Morgan fingerprint density at radius 1 is 1.56 bits per heavy atom. The zero-order chi connectivity index (χ0) is 13.3. The van der Waals surface area contributed by atoms with Crippen LogP contribution in [0.2, 0.25) is 0 Å². The Kier molecular flexibility index (Phi) is 3.68. The molecule has 2 atom stereocenters. The average Bonchev–Trinajstić information content (AvgIpc) is 2.56. The quantitative estimate of drug-likeness (QED) is 0.806. The molecule has 1 aromatic heterocycles. The summed E-state index contributed by atoms with van der Waals surface area (Å²) < 4.78 is 5.89. The predicted molar refractivity (Wildman–Crippen MR) is 66.5 cm³/mol. The second-order valence-corrected chi connectivity index (χ2v) is 5.17. The SMILES string of the molecule is Cc1cc(=O)n(C(=O)CN2CC(C)CC(N)C2)o1. The number of likely N-dealkylation sites (tertiary alicyclic amines) is 1. The number of carbonyl (C=O) groups is 1. The van der Waals surface area contributed by atoms with Crippen LogP contribution in [-0.4, -0.2) is 41.2 Å². The summed E-state index contributed by atoms with van der Waals surface area (Å²) in [5.74, 6) is 0.572. The standard InChI is InChI=1S/C12H19N3O3/c1-8-3-10(13)6-14(5-8)7-12(17)15-11(16)4-9(2)18-15/h4,8,10H,3,5-7,13H2,1-2H3. The van der Waals surface area contributed by atoms with Gasteiger partial charge in [-0.3, -0.25) is 14.5 Å². The number of aromatic nitrogens is 1. The van der Waals surface area contributed by atoms with Crippen LogP contribution >= 0.6 is 0 Å². The van der Waals surface area contributed by atoms with Gasteiger partial charge in [-0.2, -0.15) is 0 Å². The van der Waals surface area contributed by atoms with Crippen molar-refractivity contribution in [2.75, 3.05) is 19.6 Å². The number of hydrogen-bond donors (Lipinski definition) is 1. The lowest BCUT2D eigenvalue weighted by atomic mass is 9.97. The summed E-state index contributed by atoms with van der Waals surface area (Å²) in [7, 11) is 0. The Hall–Kier alpha value is -1.40. The smallest absolute Gasteiger partial charge is 0.290 e. The van der Waals surface area contributed by atoms with Gasteiger partial charge < -0.3 is 10.3 Å². The van der Waals surface area contributed by atoms with E-state index >= 15 is 0 Å². The molecule has 0 radical (unpaired) electrons. The summed E-state index contributed by atoms with van der Waals surface area (Å²) in [6.07, 6.45) is 0.977. The number of nitrogens with two attached hydrogens (primary N) is 1. The molecule has 0 amide bonds. The van der Waals surface area contributed by atoms with Crippen molar-refractivity contribution >= 4 is 5.91 Å². The largest absolute Gasteiger partial charge is 0.373 e. The third-order valence-electron chi connectivity index (χ3n) is 3.12. The summed E-state index contributed by atoms with van der Waals surface area (Å²) in [6, 6.07) is 1.40. The van der Waals surface area contributed by atoms with Gasteiger partial charge in [0.1, 0.15) is 5.76 Å². The van der Waals surface area contributed by atoms with Gasteiger partial charge in [0.05, 0.1) is 6.54 Å². The first-order chi connectivity index (χ1) is 8.45. The van der Waals surface area contributed by atoms with Crippen LogP contribution in [0.25, 0.3) is 0 Å². The average molecular weight is 253 g/mol. The Morgan fingerprint density at radius 2 is 2.28 bits per heavy atom. The highest BCUT2D eigenvalue weighted by atomic mass is 16.5. The van der Waals surface area contributed by atoms with Gasteiger partial charge in [0.15, 0.2) is 0 Å². The molecular weight excluding hydrogens is 234 g/mol. The molecule has 0 spiro atoms. The first-order valence-corrected chi connectivity index (χ1v) is 6.17. The lowest BCUT2D eigenvalue weighted by molar-refractivity contribution is 0.0669. The number of carbonyl (C=O) groups excluding carboxylic acids is 1. The Labute approximate surface area is 105 Å². The second-order valence-electron chi connectivity index (χ2n) is 5.17. The van der Waals surface area contributed by atoms with Crippen LogP contribution in [0, 0.1) is 12.8 Å². The Bertz CT molecular complexity index is 481. The first-order valence-electron chi connectivity index (χ1n) is 6.17. The van der Waals surface area contributed by atoms with Crippen molar-refractivity contribution < 1.29 is 9.32 Å². The van der Waals surface area contributed by atoms with Crippen molar-refractivity contribution in [3.8, 4) is 0 Å². The fourth-order valence-electron chi connectivity index (χ4n) is 2.52. The molecule has 2 heterocycles. The van der Waals surface area contributed by atoms with Crippen LogP contribution in [0.1, 0.15) is 23.9 Å². The van der Waals surface area contributed by atoms with Crippen LogP contribution in [0.5, 0.6) is 0 Å². The molecule has 1 aliphatic heterocycles. The summed E-state index contributed by atoms with van der Waals surface area (Å²) in [4.78, 5) is 25.4. The van der Waals surface area contributed by atoms with E-state index in [1.807, 2.05) is 4.90 Å². The maximum absolute atomic E-state index is 11.9. The van der Waals surface area contributed by atoms with Crippen LogP contribution in [0.4, 0.5) is 0 Å². The third kappa shape index (κ3) is 2.88. The van der Waals surface area contributed by atoms with Gasteiger partial charge in [-0.05, 0) is 19.3 Å². The highest BCUT2D eigenvalue weighted by Crippen LogP contribution is 2.14. The number of hydrogen-bond acceptors (Lipinski definition) is 5. The van der Waals surface area contributed by atoms with Gasteiger partial charge in [0.2, 0.25) is 0 Å². The molecule has 2 N–H and O–H groups in total. The van der Waals surface area contributed by atoms with Gasteiger partial charge in [-0.25, -0.2) is 0 Å². The molecule has 0 aromatic carbocycles. The zero-order valence-corrected chi connectivity index (χ0v) is 10.8. The molecule has 6 nitrogen and oxygen atoms in total. The van der Waals surface area contributed by atoms with Crippen molar-refractivity contribution in [1.29, 1.82) is 0 Å². The number of piperidine rings is 1. The van der Waals surface area contributed by atoms with Gasteiger partial charge >= 0.3 is 0 Å². The van der Waals surface area contributed by atoms with E-state index in [9.17, 15) is 9.59 Å². The molecule has 1 aliphatic rings. The lowest BCUT2D eigenvalue weighted by Gasteiger charge is -2.33. The molecule has 100 valence electrons. The van der Waals surface area contributed by atoms with Crippen molar-refractivity contribution in [2.45, 2.75) is 26.3 Å². The van der Waals surface area contributed by atoms with E-state index < -0.39 is 5.56 Å². The van der Waals surface area contributed by atoms with E-state index in [2.05, 4.69) is 6.92 Å². The molecule has 0 aliphatic carbocycles. The topological polar surface area (TPSA) is 81.5 Å². The number of nitrogens with zero attached hydrogens (tertiary/aromatic N) is 2. The van der Waals surface area contributed by atoms with Crippen LogP contribution in [0.3, 0.4) is 0 Å². The molecule has 2 unspecified atom stereocenters. The molecular formula is C12H19N3O3. The van der Waals surface area contributed by atoms with Gasteiger partial charge in [-0.1, -0.05) is 6.92 Å². The van der Waals surface area contributed by atoms with E-state index in [1.165, 1.54) is 6.07 Å². The molecule has 6 heteroatoms. The van der Waals surface area contributed by atoms with Crippen molar-refractivity contribution in [3.63, 3.8) is 0 Å². The van der Waals surface area contributed by atoms with Gasteiger partial charge in [0, 0.05) is 25.2 Å². The van der Waals surface area contributed by atoms with Crippen LogP contribution in [0.15, 0.2) is 15.4 Å². The van der Waals surface area contributed by atoms with E-state index in [0.717, 1.165) is 17.7 Å². The maximum atomic E-state index is 11.9. The molecule has 0 bridgehead atoms. The summed E-state index contributed by atoms with van der Waals surface area (Å²) in [5.41, 5.74) is 5.51. The third-order valence-corrected chi connectivity index (χ3v) is 3.12. The Morgan fingerprint density at radius 3 is 2.83 bits per heavy atom. The van der Waals surface area contributed by atoms with Gasteiger partial charge in [-0.15, -0.1) is 4.74 Å². The van der Waals surface area contributed by atoms with Crippen molar-refractivity contribution in [3.05, 3.63) is 22.2 Å². The van der Waals surface area contributed by atoms with Crippen molar-refractivity contribution in [2.24, 2.45) is 11.7 Å². The first kappa shape index (κ1) is 13.0.